The Morgan fingerprint density at radius 3 is 2.79 bits per heavy atom. The van der Waals surface area contributed by atoms with Crippen molar-refractivity contribution in [2.45, 2.75) is 19.4 Å². The number of carbonyl (C=O) groups excluding carboxylic acids is 1. The van der Waals surface area contributed by atoms with Crippen molar-refractivity contribution in [1.29, 1.82) is 0 Å². The highest BCUT2D eigenvalue weighted by Gasteiger charge is 2.27. The summed E-state index contributed by atoms with van der Waals surface area (Å²) >= 11 is 1.89. The van der Waals surface area contributed by atoms with E-state index < -0.39 is 0 Å². The van der Waals surface area contributed by atoms with Crippen molar-refractivity contribution in [3.63, 3.8) is 0 Å². The third kappa shape index (κ3) is 4.25. The highest BCUT2D eigenvalue weighted by Crippen LogP contribution is 2.25. The number of hydrogen-bond donors (Lipinski definition) is 1. The Kier molecular flexibility index (Phi) is 5.73. The molecular formula is C15H22N2OS. The van der Waals surface area contributed by atoms with Gasteiger partial charge in [0.15, 0.2) is 0 Å². The van der Waals surface area contributed by atoms with Crippen LogP contribution in [0.15, 0.2) is 30.3 Å². The van der Waals surface area contributed by atoms with Gasteiger partial charge in [-0.05, 0) is 30.7 Å². The summed E-state index contributed by atoms with van der Waals surface area (Å²) in [5.74, 6) is 2.62. The molecule has 2 rings (SSSR count). The first kappa shape index (κ1) is 14.4. The van der Waals surface area contributed by atoms with Crippen molar-refractivity contribution >= 4 is 17.7 Å². The fourth-order valence-electron chi connectivity index (χ4n) is 2.34. The number of hydrogen-bond acceptors (Lipinski definition) is 3. The molecule has 0 aliphatic carbocycles. The molecule has 3 nitrogen and oxygen atoms in total. The predicted octanol–water partition coefficient (Wildman–Crippen LogP) is 2.12. The standard InChI is InChI=1S/C15H22N2OS/c16-8-4-9-17(11-13-5-2-1-3-6-13)15(18)14-7-10-19-12-14/h1-3,5-6,14H,4,7-12,16H2. The quantitative estimate of drug-likeness (QED) is 0.867. The summed E-state index contributed by atoms with van der Waals surface area (Å²) in [5, 5.41) is 0. The van der Waals surface area contributed by atoms with Gasteiger partial charge in [-0.1, -0.05) is 30.3 Å². The van der Waals surface area contributed by atoms with E-state index in [0.29, 0.717) is 19.0 Å². The molecule has 1 saturated heterocycles. The fraction of sp³-hybridized carbons (Fsp3) is 0.533. The lowest BCUT2D eigenvalue weighted by Crippen LogP contribution is -2.37. The van der Waals surface area contributed by atoms with Gasteiger partial charge in [-0.25, -0.2) is 0 Å². The van der Waals surface area contributed by atoms with Crippen LogP contribution < -0.4 is 5.73 Å². The SMILES string of the molecule is NCCCN(Cc1ccccc1)C(=O)C1CCSC1. The van der Waals surface area contributed by atoms with Crippen molar-refractivity contribution in [2.24, 2.45) is 11.7 Å². The van der Waals surface area contributed by atoms with Gasteiger partial charge in [0.05, 0.1) is 0 Å². The van der Waals surface area contributed by atoms with Crippen LogP contribution in [-0.2, 0) is 11.3 Å². The van der Waals surface area contributed by atoms with Crippen LogP contribution in [0.1, 0.15) is 18.4 Å². The maximum atomic E-state index is 12.5. The van der Waals surface area contributed by atoms with Crippen molar-refractivity contribution in [3.8, 4) is 0 Å². The molecule has 104 valence electrons. The number of thioether (sulfide) groups is 1. The molecule has 1 aliphatic rings. The number of amides is 1. The summed E-state index contributed by atoms with van der Waals surface area (Å²) in [7, 11) is 0. The summed E-state index contributed by atoms with van der Waals surface area (Å²) in [5.41, 5.74) is 6.77. The smallest absolute Gasteiger partial charge is 0.226 e. The average Bonchev–Trinajstić information content (AvgIpc) is 2.98. The average molecular weight is 278 g/mol. The molecule has 0 aromatic heterocycles. The molecule has 1 aliphatic heterocycles. The van der Waals surface area contributed by atoms with E-state index in [-0.39, 0.29) is 5.92 Å². The molecule has 0 bridgehead atoms. The van der Waals surface area contributed by atoms with Gasteiger partial charge in [-0.3, -0.25) is 4.79 Å². The van der Waals surface area contributed by atoms with Crippen LogP contribution in [0.3, 0.4) is 0 Å². The van der Waals surface area contributed by atoms with Crippen LogP contribution in [0.25, 0.3) is 0 Å². The van der Waals surface area contributed by atoms with E-state index in [1.165, 1.54) is 5.56 Å². The molecular weight excluding hydrogens is 256 g/mol. The molecule has 1 heterocycles. The minimum absolute atomic E-state index is 0.214. The van der Waals surface area contributed by atoms with Crippen molar-refractivity contribution in [2.75, 3.05) is 24.6 Å². The summed E-state index contributed by atoms with van der Waals surface area (Å²) in [6.07, 6.45) is 1.90. The molecule has 1 atom stereocenters. The first-order chi connectivity index (χ1) is 9.31. The Morgan fingerprint density at radius 2 is 2.16 bits per heavy atom. The van der Waals surface area contributed by atoms with E-state index in [0.717, 1.165) is 30.9 Å². The molecule has 1 aromatic rings. The topological polar surface area (TPSA) is 46.3 Å². The minimum atomic E-state index is 0.214. The Labute approximate surface area is 119 Å². The van der Waals surface area contributed by atoms with Crippen LogP contribution in [0.2, 0.25) is 0 Å². The fourth-order valence-corrected chi connectivity index (χ4v) is 3.55. The highest BCUT2D eigenvalue weighted by atomic mass is 32.2. The van der Waals surface area contributed by atoms with E-state index in [1.54, 1.807) is 0 Å². The second kappa shape index (κ2) is 7.56. The van der Waals surface area contributed by atoms with Crippen molar-refractivity contribution in [3.05, 3.63) is 35.9 Å². The summed E-state index contributed by atoms with van der Waals surface area (Å²) < 4.78 is 0. The van der Waals surface area contributed by atoms with Gasteiger partial charge in [0.1, 0.15) is 0 Å². The van der Waals surface area contributed by atoms with Crippen LogP contribution in [0, 0.1) is 5.92 Å². The van der Waals surface area contributed by atoms with E-state index >= 15 is 0 Å². The van der Waals surface area contributed by atoms with Crippen LogP contribution in [-0.4, -0.2) is 35.4 Å². The van der Waals surface area contributed by atoms with Gasteiger partial charge < -0.3 is 10.6 Å². The van der Waals surface area contributed by atoms with Crippen LogP contribution in [0.4, 0.5) is 0 Å². The third-order valence-electron chi connectivity index (χ3n) is 3.44. The van der Waals surface area contributed by atoms with Gasteiger partial charge in [0.25, 0.3) is 0 Å². The third-order valence-corrected chi connectivity index (χ3v) is 4.60. The second-order valence-corrected chi connectivity index (χ2v) is 6.10. The maximum Gasteiger partial charge on any atom is 0.226 e. The lowest BCUT2D eigenvalue weighted by Gasteiger charge is -2.25. The largest absolute Gasteiger partial charge is 0.338 e. The van der Waals surface area contributed by atoms with E-state index in [1.807, 2.05) is 34.9 Å². The Morgan fingerprint density at radius 1 is 1.37 bits per heavy atom. The molecule has 19 heavy (non-hydrogen) atoms. The van der Waals surface area contributed by atoms with Gasteiger partial charge >= 0.3 is 0 Å². The first-order valence-corrected chi connectivity index (χ1v) is 8.07. The summed E-state index contributed by atoms with van der Waals surface area (Å²) in [6.45, 7) is 2.12. The number of benzene rings is 1. The van der Waals surface area contributed by atoms with E-state index in [9.17, 15) is 4.79 Å². The van der Waals surface area contributed by atoms with Gasteiger partial charge in [0, 0.05) is 24.8 Å². The summed E-state index contributed by atoms with van der Waals surface area (Å²) in [4.78, 5) is 14.5. The van der Waals surface area contributed by atoms with Crippen LogP contribution in [0.5, 0.6) is 0 Å². The molecule has 0 spiro atoms. The second-order valence-electron chi connectivity index (χ2n) is 4.95. The number of carbonyl (C=O) groups is 1. The zero-order valence-electron chi connectivity index (χ0n) is 11.3. The molecule has 4 heteroatoms. The Balaban J connectivity index is 2.00. The molecule has 1 fully saturated rings. The number of nitrogens with zero attached hydrogens (tertiary/aromatic N) is 1. The van der Waals surface area contributed by atoms with E-state index in [2.05, 4.69) is 12.1 Å². The molecule has 0 radical (unpaired) electrons. The molecule has 2 N–H and O–H groups in total. The minimum Gasteiger partial charge on any atom is -0.338 e. The lowest BCUT2D eigenvalue weighted by molar-refractivity contribution is -0.135. The number of nitrogens with two attached hydrogens (primary N) is 1. The Bertz CT molecular complexity index is 390. The van der Waals surface area contributed by atoms with E-state index in [4.69, 9.17) is 5.73 Å². The lowest BCUT2D eigenvalue weighted by atomic mass is 10.1. The monoisotopic (exact) mass is 278 g/mol. The molecule has 0 saturated carbocycles. The molecule has 1 amide bonds. The molecule has 1 unspecified atom stereocenters. The zero-order chi connectivity index (χ0) is 13.5. The maximum absolute atomic E-state index is 12.5. The van der Waals surface area contributed by atoms with Gasteiger partial charge in [0.2, 0.25) is 5.91 Å². The predicted molar refractivity (Wildman–Crippen MR) is 81.0 cm³/mol. The zero-order valence-corrected chi connectivity index (χ0v) is 12.1. The highest BCUT2D eigenvalue weighted by molar-refractivity contribution is 7.99. The molecule has 1 aromatic carbocycles. The summed E-state index contributed by atoms with van der Waals surface area (Å²) in [6, 6.07) is 10.2. The van der Waals surface area contributed by atoms with Crippen molar-refractivity contribution < 1.29 is 4.79 Å². The van der Waals surface area contributed by atoms with Crippen molar-refractivity contribution in [1.82, 2.24) is 4.90 Å². The van der Waals surface area contributed by atoms with Gasteiger partial charge in [-0.15, -0.1) is 0 Å². The Hall–Kier alpha value is -1.000. The van der Waals surface area contributed by atoms with Crippen LogP contribution >= 0.6 is 11.8 Å². The van der Waals surface area contributed by atoms with Gasteiger partial charge in [-0.2, -0.15) is 11.8 Å². The number of rotatable bonds is 6. The first-order valence-electron chi connectivity index (χ1n) is 6.92. The normalized spacial score (nSPS) is 18.5.